The largest absolute Gasteiger partial charge is 0.465 e. The summed E-state index contributed by atoms with van der Waals surface area (Å²) in [4.78, 5) is 12.7. The number of amides is 1. The third-order valence-electron chi connectivity index (χ3n) is 3.34. The van der Waals surface area contributed by atoms with Gasteiger partial charge < -0.3 is 10.4 Å². The van der Waals surface area contributed by atoms with Crippen LogP contribution in [0, 0.1) is 12.7 Å². The number of hydrogen-bond donors (Lipinski definition) is 2. The van der Waals surface area contributed by atoms with Gasteiger partial charge in [-0.3, -0.25) is 4.90 Å². The molecule has 1 aliphatic rings. The maximum Gasteiger partial charge on any atom is 0.407 e. The van der Waals surface area contributed by atoms with Gasteiger partial charge in [-0.1, -0.05) is 6.07 Å². The Hall–Kier alpha value is -1.62. The average Bonchev–Trinajstić information content (AvgIpc) is 2.54. The van der Waals surface area contributed by atoms with Crippen LogP contribution in [0.25, 0.3) is 0 Å². The molecule has 98 valence electrons. The van der Waals surface area contributed by atoms with Crippen molar-refractivity contribution in [3.8, 4) is 0 Å². The third kappa shape index (κ3) is 2.61. The highest BCUT2D eigenvalue weighted by Gasteiger charge is 2.27. The summed E-state index contributed by atoms with van der Waals surface area (Å²) >= 11 is 0. The molecule has 0 saturated carbocycles. The Balaban J connectivity index is 2.34. The van der Waals surface area contributed by atoms with E-state index in [2.05, 4.69) is 5.32 Å². The molecule has 0 radical (unpaired) electrons. The minimum absolute atomic E-state index is 0.196. The van der Waals surface area contributed by atoms with Gasteiger partial charge in [0.1, 0.15) is 5.82 Å². The number of benzene rings is 1. The predicted molar refractivity (Wildman–Crippen MR) is 66.1 cm³/mol. The van der Waals surface area contributed by atoms with Crippen molar-refractivity contribution in [1.29, 1.82) is 0 Å². The molecule has 1 heterocycles. The van der Waals surface area contributed by atoms with Crippen LogP contribution in [0.1, 0.15) is 23.6 Å². The molecule has 0 spiro atoms. The molecule has 0 unspecified atom stereocenters. The number of nitrogens with zero attached hydrogens (tertiary/aromatic N) is 1. The molecule has 1 aliphatic heterocycles. The van der Waals surface area contributed by atoms with E-state index in [-0.39, 0.29) is 11.9 Å². The lowest BCUT2D eigenvalue weighted by atomic mass is 9.97. The van der Waals surface area contributed by atoms with Crippen molar-refractivity contribution in [2.45, 2.75) is 19.4 Å². The van der Waals surface area contributed by atoms with Crippen LogP contribution in [-0.2, 0) is 0 Å². The zero-order valence-corrected chi connectivity index (χ0v) is 10.3. The Bertz CT molecular complexity index is 451. The van der Waals surface area contributed by atoms with Gasteiger partial charge in [-0.15, -0.1) is 0 Å². The lowest BCUT2D eigenvalue weighted by Gasteiger charge is -2.28. The van der Waals surface area contributed by atoms with E-state index in [1.807, 2.05) is 6.92 Å². The summed E-state index contributed by atoms with van der Waals surface area (Å²) in [6.45, 7) is 3.70. The number of aryl methyl sites for hydroxylation is 1. The van der Waals surface area contributed by atoms with E-state index in [9.17, 15) is 14.3 Å². The lowest BCUT2D eigenvalue weighted by molar-refractivity contribution is 0.127. The van der Waals surface area contributed by atoms with Crippen molar-refractivity contribution >= 4 is 6.09 Å². The van der Waals surface area contributed by atoms with Crippen LogP contribution < -0.4 is 5.32 Å². The average molecular weight is 252 g/mol. The van der Waals surface area contributed by atoms with Gasteiger partial charge in [-0.25, -0.2) is 9.18 Å². The first-order valence-corrected chi connectivity index (χ1v) is 6.06. The fourth-order valence-electron chi connectivity index (χ4n) is 2.44. The van der Waals surface area contributed by atoms with E-state index < -0.39 is 6.09 Å². The summed E-state index contributed by atoms with van der Waals surface area (Å²) in [6, 6.07) is 4.34. The number of halogens is 1. The Morgan fingerprint density at radius 1 is 1.50 bits per heavy atom. The molecule has 1 amide bonds. The van der Waals surface area contributed by atoms with Crippen molar-refractivity contribution in [2.75, 3.05) is 19.6 Å². The van der Waals surface area contributed by atoms with Crippen molar-refractivity contribution in [3.05, 3.63) is 35.1 Å². The van der Waals surface area contributed by atoms with Crippen LogP contribution >= 0.6 is 0 Å². The molecule has 2 N–H and O–H groups in total. The molecule has 2 rings (SSSR count). The minimum Gasteiger partial charge on any atom is -0.465 e. The zero-order valence-electron chi connectivity index (χ0n) is 10.3. The molecule has 18 heavy (non-hydrogen) atoms. The fourth-order valence-corrected chi connectivity index (χ4v) is 2.44. The SMILES string of the molecule is Cc1cc(F)ccc1[C@H]1CCNCCN1C(=O)O. The summed E-state index contributed by atoms with van der Waals surface area (Å²) in [5, 5.41) is 12.4. The van der Waals surface area contributed by atoms with Crippen molar-refractivity contribution in [1.82, 2.24) is 10.2 Å². The maximum absolute atomic E-state index is 13.1. The van der Waals surface area contributed by atoms with E-state index in [0.29, 0.717) is 19.5 Å². The number of carbonyl (C=O) groups is 1. The second kappa shape index (κ2) is 5.35. The van der Waals surface area contributed by atoms with Gasteiger partial charge in [0.25, 0.3) is 0 Å². The van der Waals surface area contributed by atoms with E-state index in [4.69, 9.17) is 0 Å². The lowest BCUT2D eigenvalue weighted by Crippen LogP contribution is -2.35. The van der Waals surface area contributed by atoms with E-state index in [1.165, 1.54) is 17.0 Å². The van der Waals surface area contributed by atoms with Gasteiger partial charge in [0.05, 0.1) is 6.04 Å². The Morgan fingerprint density at radius 2 is 2.28 bits per heavy atom. The van der Waals surface area contributed by atoms with Gasteiger partial charge in [0.2, 0.25) is 0 Å². The Morgan fingerprint density at radius 3 is 2.94 bits per heavy atom. The number of hydrogen-bond acceptors (Lipinski definition) is 2. The van der Waals surface area contributed by atoms with Crippen LogP contribution in [0.5, 0.6) is 0 Å². The first-order valence-electron chi connectivity index (χ1n) is 6.06. The van der Waals surface area contributed by atoms with E-state index in [1.54, 1.807) is 6.07 Å². The summed E-state index contributed by atoms with van der Waals surface area (Å²) in [6.07, 6.45) is -0.217. The van der Waals surface area contributed by atoms with Crippen LogP contribution in [-0.4, -0.2) is 35.7 Å². The Kier molecular flexibility index (Phi) is 3.81. The summed E-state index contributed by atoms with van der Waals surface area (Å²) in [5.41, 5.74) is 1.69. The quantitative estimate of drug-likeness (QED) is 0.805. The van der Waals surface area contributed by atoms with E-state index >= 15 is 0 Å². The highest BCUT2D eigenvalue weighted by atomic mass is 19.1. The Labute approximate surface area is 105 Å². The van der Waals surface area contributed by atoms with Gasteiger partial charge in [-0.05, 0) is 43.1 Å². The number of carboxylic acid groups (broad SMARTS) is 1. The van der Waals surface area contributed by atoms with Crippen LogP contribution in [0.15, 0.2) is 18.2 Å². The molecule has 5 heteroatoms. The van der Waals surface area contributed by atoms with Crippen molar-refractivity contribution in [2.24, 2.45) is 0 Å². The van der Waals surface area contributed by atoms with Gasteiger partial charge in [0, 0.05) is 13.1 Å². The molecule has 1 aromatic rings. The molecule has 0 aliphatic carbocycles. The third-order valence-corrected chi connectivity index (χ3v) is 3.34. The van der Waals surface area contributed by atoms with E-state index in [0.717, 1.165) is 17.7 Å². The molecule has 4 nitrogen and oxygen atoms in total. The maximum atomic E-state index is 13.1. The number of nitrogens with one attached hydrogen (secondary N) is 1. The molecular weight excluding hydrogens is 235 g/mol. The van der Waals surface area contributed by atoms with Crippen LogP contribution in [0.2, 0.25) is 0 Å². The predicted octanol–water partition coefficient (Wildman–Crippen LogP) is 2.15. The molecule has 1 saturated heterocycles. The topological polar surface area (TPSA) is 52.6 Å². The molecule has 0 aromatic heterocycles. The smallest absolute Gasteiger partial charge is 0.407 e. The monoisotopic (exact) mass is 252 g/mol. The second-order valence-corrected chi connectivity index (χ2v) is 4.53. The summed E-state index contributed by atoms with van der Waals surface area (Å²) in [5.74, 6) is -0.287. The first-order chi connectivity index (χ1) is 8.59. The zero-order chi connectivity index (χ0) is 13.1. The summed E-state index contributed by atoms with van der Waals surface area (Å²) < 4.78 is 13.1. The molecule has 1 aromatic carbocycles. The van der Waals surface area contributed by atoms with Gasteiger partial charge >= 0.3 is 6.09 Å². The molecule has 1 fully saturated rings. The highest BCUT2D eigenvalue weighted by Crippen LogP contribution is 2.28. The standard InChI is InChI=1S/C13H17FN2O2/c1-9-8-10(14)2-3-11(9)12-4-5-15-6-7-16(12)13(17)18/h2-3,8,12,15H,4-7H2,1H3,(H,17,18)/t12-/m1/s1. The summed E-state index contributed by atoms with van der Waals surface area (Å²) in [7, 11) is 0. The number of rotatable bonds is 1. The highest BCUT2D eigenvalue weighted by molar-refractivity contribution is 5.66. The van der Waals surface area contributed by atoms with Crippen molar-refractivity contribution < 1.29 is 14.3 Å². The van der Waals surface area contributed by atoms with Crippen molar-refractivity contribution in [3.63, 3.8) is 0 Å². The fraction of sp³-hybridized carbons (Fsp3) is 0.462. The van der Waals surface area contributed by atoms with Crippen LogP contribution in [0.3, 0.4) is 0 Å². The minimum atomic E-state index is -0.924. The van der Waals surface area contributed by atoms with Crippen LogP contribution in [0.4, 0.5) is 9.18 Å². The molecule has 0 bridgehead atoms. The van der Waals surface area contributed by atoms with Gasteiger partial charge in [-0.2, -0.15) is 0 Å². The second-order valence-electron chi connectivity index (χ2n) is 4.53. The van der Waals surface area contributed by atoms with Gasteiger partial charge in [0.15, 0.2) is 0 Å². The molecular formula is C13H17FN2O2. The first kappa shape index (κ1) is 12.8. The normalized spacial score (nSPS) is 20.6. The molecule has 1 atom stereocenters.